The van der Waals surface area contributed by atoms with E-state index in [9.17, 15) is 0 Å². The first-order chi connectivity index (χ1) is 0. The fourth-order valence-corrected chi connectivity index (χ4v) is 0. The van der Waals surface area contributed by atoms with Crippen LogP contribution in [0.1, 0.15) is 0 Å². The van der Waals surface area contributed by atoms with Crippen molar-refractivity contribution in [2.24, 2.45) is 0 Å². The molecule has 0 bridgehead atoms. The van der Waals surface area contributed by atoms with Crippen molar-refractivity contribution >= 4 is 27.3 Å². The molecule has 0 amide bonds. The molecular formula is AgAuCuNiPb. The van der Waals surface area contributed by atoms with Crippen molar-refractivity contribution < 1.29 is 78.3 Å². The van der Waals surface area contributed by atoms with Crippen LogP contribution in [-0.4, -0.2) is 27.3 Å². The Labute approximate surface area is 104 Å². The maximum atomic E-state index is 0. The van der Waals surface area contributed by atoms with Crippen molar-refractivity contribution in [3.63, 3.8) is 0 Å². The SMILES string of the molecule is [Ag].[Au].[Cu].[Ni].[Pb]. The van der Waals surface area contributed by atoms with Crippen LogP contribution in [0.15, 0.2) is 0 Å². The molecule has 0 aromatic carbocycles. The van der Waals surface area contributed by atoms with Crippen LogP contribution in [0.3, 0.4) is 0 Å². The van der Waals surface area contributed by atoms with Gasteiger partial charge in [-0.05, 0) is 0 Å². The van der Waals surface area contributed by atoms with E-state index in [1.807, 2.05) is 0 Å². The van der Waals surface area contributed by atoms with Gasteiger partial charge in [0, 0.05) is 106 Å². The molecule has 7 radical (unpaired) electrons. The zero-order valence-corrected chi connectivity index (χ0v) is 11.2. The molecule has 0 saturated heterocycles. The van der Waals surface area contributed by atoms with E-state index in [2.05, 4.69) is 0 Å². The third kappa shape index (κ3) is 18.6. The van der Waals surface area contributed by atoms with Gasteiger partial charge in [-0.1, -0.05) is 0 Å². The van der Waals surface area contributed by atoms with Gasteiger partial charge in [0.1, 0.15) is 0 Å². The van der Waals surface area contributed by atoms with E-state index in [0.717, 1.165) is 0 Å². The molecule has 0 fully saturated rings. The van der Waals surface area contributed by atoms with Crippen LogP contribution in [-0.2, 0) is 78.3 Å². The first-order valence-corrected chi connectivity index (χ1v) is 0. The van der Waals surface area contributed by atoms with Crippen LogP contribution >= 0.6 is 0 Å². The molecule has 0 saturated carbocycles. The van der Waals surface area contributed by atoms with E-state index in [4.69, 9.17) is 0 Å². The molecule has 0 spiro atoms. The predicted octanol–water partition coefficient (Wildman–Crippen LogP) is -0.391. The Morgan fingerprint density at radius 3 is 1.00 bits per heavy atom. The van der Waals surface area contributed by atoms with Crippen molar-refractivity contribution in [1.82, 2.24) is 0 Å². The maximum absolute atomic E-state index is 0. The smallest absolute Gasteiger partial charge is 0 e. The fraction of sp³-hybridized carbons (Fsp3) is 0. The summed E-state index contributed by atoms with van der Waals surface area (Å²) in [5.74, 6) is 0. The average molecular weight is 634 g/mol. The van der Waals surface area contributed by atoms with Gasteiger partial charge >= 0.3 is 0 Å². The Morgan fingerprint density at radius 1 is 1.00 bits per heavy atom. The summed E-state index contributed by atoms with van der Waals surface area (Å²) in [5, 5.41) is 0. The van der Waals surface area contributed by atoms with E-state index in [1.54, 1.807) is 0 Å². The number of hydrogen-bond acceptors (Lipinski definition) is 0. The molecule has 0 nitrogen and oxygen atoms in total. The molecule has 0 aliphatic carbocycles. The predicted molar refractivity (Wildman–Crippen MR) is 5.75 cm³/mol. The molecule has 0 unspecified atom stereocenters. The molecule has 0 N–H and O–H groups in total. The maximum Gasteiger partial charge on any atom is 0 e. The molecule has 5 heteroatoms. The summed E-state index contributed by atoms with van der Waals surface area (Å²) in [6, 6.07) is 0. The van der Waals surface area contributed by atoms with Crippen LogP contribution in [0.2, 0.25) is 0 Å². The molecule has 0 heterocycles. The van der Waals surface area contributed by atoms with Crippen molar-refractivity contribution in [3.8, 4) is 0 Å². The van der Waals surface area contributed by atoms with Crippen molar-refractivity contribution in [1.29, 1.82) is 0 Å². The topological polar surface area (TPSA) is 0 Å². The molecule has 0 aliphatic heterocycles. The standard InChI is InChI=1S/Ag.Au.Cu.Ni.Pb. The van der Waals surface area contributed by atoms with Crippen molar-refractivity contribution in [3.05, 3.63) is 0 Å². The monoisotopic (exact) mass is 633 g/mol. The summed E-state index contributed by atoms with van der Waals surface area (Å²) in [6.45, 7) is 0. The minimum absolute atomic E-state index is 0. The normalized spacial score (nSPS) is 0. The van der Waals surface area contributed by atoms with E-state index in [1.165, 1.54) is 0 Å². The van der Waals surface area contributed by atoms with Gasteiger partial charge in [0.05, 0.1) is 0 Å². The van der Waals surface area contributed by atoms with Crippen LogP contribution < -0.4 is 0 Å². The quantitative estimate of drug-likeness (QED) is 0.319. The zero-order chi connectivity index (χ0) is 0. The third-order valence-corrected chi connectivity index (χ3v) is 0. The zero-order valence-electron chi connectivity index (χ0n) is 1.72. The van der Waals surface area contributed by atoms with Gasteiger partial charge in [0.25, 0.3) is 0 Å². The van der Waals surface area contributed by atoms with Gasteiger partial charge in [-0.2, -0.15) is 0 Å². The second-order valence-corrected chi connectivity index (χ2v) is 0. The van der Waals surface area contributed by atoms with Crippen LogP contribution in [0.5, 0.6) is 0 Å². The summed E-state index contributed by atoms with van der Waals surface area (Å²) in [4.78, 5) is 0. The van der Waals surface area contributed by atoms with Gasteiger partial charge in [0.15, 0.2) is 0 Å². The van der Waals surface area contributed by atoms with Gasteiger partial charge in [-0.15, -0.1) is 0 Å². The third-order valence-electron chi connectivity index (χ3n) is 0. The second-order valence-electron chi connectivity index (χ2n) is 0. The molecule has 0 aromatic rings. The molecule has 47 valence electrons. The van der Waals surface area contributed by atoms with Gasteiger partial charge in [-0.25, -0.2) is 0 Å². The van der Waals surface area contributed by atoms with E-state index in [-0.39, 0.29) is 106 Å². The molecule has 0 aromatic heterocycles. The van der Waals surface area contributed by atoms with E-state index in [0.29, 0.717) is 0 Å². The average Bonchev–Trinajstić information content (AvgIpc) is 0. The van der Waals surface area contributed by atoms with Crippen LogP contribution in [0, 0.1) is 0 Å². The van der Waals surface area contributed by atoms with E-state index < -0.39 is 0 Å². The minimum Gasteiger partial charge on any atom is 0 e. The second kappa shape index (κ2) is 26.2. The largest absolute Gasteiger partial charge is 0 e. The molecular weight excluding hydrogens is 634 g/mol. The Hall–Kier alpha value is 3.42. The Morgan fingerprint density at radius 2 is 1.00 bits per heavy atom. The number of rotatable bonds is 0. The summed E-state index contributed by atoms with van der Waals surface area (Å²) < 4.78 is 0. The summed E-state index contributed by atoms with van der Waals surface area (Å²) >= 11 is 0. The molecule has 0 rings (SSSR count). The Kier molecular flexibility index (Phi) is 208. The molecule has 5 heavy (non-hydrogen) atoms. The fourth-order valence-electron chi connectivity index (χ4n) is 0. The molecule has 0 atom stereocenters. The van der Waals surface area contributed by atoms with E-state index >= 15 is 0 Å². The van der Waals surface area contributed by atoms with Crippen LogP contribution in [0.4, 0.5) is 0 Å². The van der Waals surface area contributed by atoms with Crippen molar-refractivity contribution in [2.45, 2.75) is 0 Å². The number of hydrogen-bond donors (Lipinski definition) is 0. The van der Waals surface area contributed by atoms with Gasteiger partial charge < -0.3 is 0 Å². The minimum atomic E-state index is 0. The van der Waals surface area contributed by atoms with Gasteiger partial charge in [-0.3, -0.25) is 0 Å². The summed E-state index contributed by atoms with van der Waals surface area (Å²) in [5.41, 5.74) is 0. The van der Waals surface area contributed by atoms with Crippen LogP contribution in [0.25, 0.3) is 0 Å². The first-order valence-electron chi connectivity index (χ1n) is 0. The van der Waals surface area contributed by atoms with Crippen molar-refractivity contribution in [2.75, 3.05) is 0 Å². The molecule has 0 aliphatic rings. The van der Waals surface area contributed by atoms with Gasteiger partial charge in [0.2, 0.25) is 0 Å². The summed E-state index contributed by atoms with van der Waals surface area (Å²) in [7, 11) is 0. The first kappa shape index (κ1) is 39.7. The Bertz CT molecular complexity index is 11.6. The summed E-state index contributed by atoms with van der Waals surface area (Å²) in [6.07, 6.45) is 0. The Balaban J connectivity index is 0.